The minimum atomic E-state index is -0.231. The van der Waals surface area contributed by atoms with E-state index in [1.807, 2.05) is 12.1 Å². The summed E-state index contributed by atoms with van der Waals surface area (Å²) in [4.78, 5) is 32.1. The van der Waals surface area contributed by atoms with Crippen molar-refractivity contribution < 1.29 is 43.1 Å². The van der Waals surface area contributed by atoms with E-state index in [-0.39, 0.29) is 49.8 Å². The Balaban J connectivity index is -0.000000252. The normalized spacial score (nSPS) is 8.14. The molecule has 1 aromatic carbocycles. The molecule has 13 nitrogen and oxygen atoms in total. The van der Waals surface area contributed by atoms with E-state index >= 15 is 0 Å². The number of aryl methyl sites for hydroxylation is 2. The molecular formula is C15H28N4O9. The van der Waals surface area contributed by atoms with E-state index in [0.717, 1.165) is 23.8 Å². The van der Waals surface area contributed by atoms with Crippen molar-refractivity contribution in [3.05, 3.63) is 57.5 Å². The number of nitrogen functional groups attached to an aromatic ring is 1. The van der Waals surface area contributed by atoms with Gasteiger partial charge in [-0.3, -0.25) is 14.6 Å². The number of H-pyrrole nitrogens is 2. The molecule has 13 heteroatoms. The number of carbonyl (C=O) groups is 1. The summed E-state index contributed by atoms with van der Waals surface area (Å²) in [6.07, 6.45) is 4.08. The number of aromatic amines is 2. The molecule has 0 amide bonds. The third-order valence-corrected chi connectivity index (χ3v) is 3.44. The summed E-state index contributed by atoms with van der Waals surface area (Å²) in [6.45, 7) is 0. The topological polar surface area (TPSA) is 325 Å². The molecule has 0 spiro atoms. The van der Waals surface area contributed by atoms with Crippen LogP contribution in [0.2, 0.25) is 0 Å². The Morgan fingerprint density at radius 3 is 2.04 bits per heavy atom. The molecule has 2 heterocycles. The lowest BCUT2D eigenvalue weighted by atomic mass is 10.0. The van der Waals surface area contributed by atoms with Crippen LogP contribution in [0.4, 0.5) is 5.95 Å². The van der Waals surface area contributed by atoms with E-state index < -0.39 is 0 Å². The Labute approximate surface area is 158 Å². The molecule has 162 valence electrons. The van der Waals surface area contributed by atoms with Crippen molar-refractivity contribution >= 4 is 23.3 Å². The molecule has 3 rings (SSSR count). The van der Waals surface area contributed by atoms with Gasteiger partial charge in [0, 0.05) is 11.8 Å². The van der Waals surface area contributed by atoms with Gasteiger partial charge in [-0.25, -0.2) is 0 Å². The average molecular weight is 408 g/mol. The zero-order chi connectivity index (χ0) is 14.8. The highest BCUT2D eigenvalue weighted by atomic mass is 16.1. The molecule has 0 radical (unpaired) electrons. The fourth-order valence-corrected chi connectivity index (χ4v) is 2.36. The molecule has 0 aliphatic rings. The van der Waals surface area contributed by atoms with Crippen LogP contribution in [-0.4, -0.2) is 59.6 Å². The molecule has 0 saturated carbocycles. The first-order chi connectivity index (χ1) is 10.2. The molecule has 0 atom stereocenters. The average Bonchev–Trinajstić information content (AvgIpc) is 2.89. The maximum Gasteiger partial charge on any atom is 0.262 e. The van der Waals surface area contributed by atoms with Gasteiger partial charge < -0.3 is 49.1 Å². The highest BCUT2D eigenvalue weighted by molar-refractivity contribution is 5.79. The molecule has 0 bridgehead atoms. The van der Waals surface area contributed by atoms with E-state index in [1.54, 1.807) is 18.3 Å². The first-order valence-corrected chi connectivity index (χ1v) is 6.57. The number of hydrogen-bond acceptors (Lipinski definition) is 4. The second kappa shape index (κ2) is 14.9. The summed E-state index contributed by atoms with van der Waals surface area (Å²) in [5.74, 6) is 0.102. The molecule has 3 aromatic rings. The Morgan fingerprint density at radius 1 is 0.929 bits per heavy atom. The molecule has 2 aromatic heterocycles. The summed E-state index contributed by atoms with van der Waals surface area (Å²) < 4.78 is 0. The quantitative estimate of drug-likeness (QED) is 0.360. The van der Waals surface area contributed by atoms with Crippen molar-refractivity contribution in [3.8, 4) is 0 Å². The largest absolute Gasteiger partial charge is 0.412 e. The summed E-state index contributed by atoms with van der Waals surface area (Å²) in [7, 11) is 0. The van der Waals surface area contributed by atoms with Gasteiger partial charge in [0.2, 0.25) is 5.95 Å². The molecular weight excluding hydrogens is 380 g/mol. The maximum absolute atomic E-state index is 11.9. The number of aromatic nitrogens is 3. The van der Waals surface area contributed by atoms with Crippen LogP contribution in [0.1, 0.15) is 21.5 Å². The number of anilines is 1. The minimum absolute atomic E-state index is 0. The van der Waals surface area contributed by atoms with E-state index in [0.29, 0.717) is 23.0 Å². The standard InChI is InChI=1S/C15H14N4O2.7H2O/c16-15-18-13-12(14(21)19-15)11(7-17-13)6-5-9-1-3-10(8-20)4-2-9;;;;;;;/h1-4,7-8H,5-6H2,(H4,16,17,18,19,21);7*1H2. The summed E-state index contributed by atoms with van der Waals surface area (Å²) >= 11 is 0. The zero-order valence-electron chi connectivity index (χ0n) is 14.7. The number of nitrogens with zero attached hydrogens (tertiary/aromatic N) is 1. The third-order valence-electron chi connectivity index (χ3n) is 3.44. The van der Waals surface area contributed by atoms with Gasteiger partial charge in [-0.2, -0.15) is 4.98 Å². The SMILES string of the molecule is Nc1nc2[nH]cc(CCc3ccc(C=O)cc3)c2c(=O)[nH]1.O.O.O.O.O.O.O. The number of nitrogens with two attached hydrogens (primary N) is 1. The van der Waals surface area contributed by atoms with Crippen LogP contribution < -0.4 is 11.3 Å². The fourth-order valence-electron chi connectivity index (χ4n) is 2.36. The van der Waals surface area contributed by atoms with Gasteiger partial charge in [-0.05, 0) is 24.0 Å². The number of aldehydes is 1. The van der Waals surface area contributed by atoms with Crippen molar-refractivity contribution in [2.45, 2.75) is 12.8 Å². The van der Waals surface area contributed by atoms with Crippen LogP contribution in [0, 0.1) is 0 Å². The maximum atomic E-state index is 11.9. The van der Waals surface area contributed by atoms with Crippen molar-refractivity contribution in [2.24, 2.45) is 0 Å². The lowest BCUT2D eigenvalue weighted by Gasteiger charge is -2.01. The Morgan fingerprint density at radius 2 is 1.50 bits per heavy atom. The van der Waals surface area contributed by atoms with Gasteiger partial charge in [0.25, 0.3) is 5.56 Å². The van der Waals surface area contributed by atoms with Gasteiger partial charge in [0.15, 0.2) is 0 Å². The number of rotatable bonds is 4. The minimum Gasteiger partial charge on any atom is -0.412 e. The summed E-state index contributed by atoms with van der Waals surface area (Å²) in [6, 6.07) is 7.40. The van der Waals surface area contributed by atoms with Gasteiger partial charge in [0.05, 0.1) is 5.39 Å². The number of benzene rings is 1. The van der Waals surface area contributed by atoms with Gasteiger partial charge in [0.1, 0.15) is 11.9 Å². The van der Waals surface area contributed by atoms with E-state index in [4.69, 9.17) is 5.73 Å². The van der Waals surface area contributed by atoms with Crippen LogP contribution in [-0.2, 0) is 12.8 Å². The van der Waals surface area contributed by atoms with E-state index in [9.17, 15) is 9.59 Å². The van der Waals surface area contributed by atoms with Crippen LogP contribution in [0.15, 0.2) is 35.3 Å². The van der Waals surface area contributed by atoms with Crippen molar-refractivity contribution in [1.82, 2.24) is 15.0 Å². The predicted molar refractivity (Wildman–Crippen MR) is 106 cm³/mol. The predicted octanol–water partition coefficient (Wildman–Crippen LogP) is -4.34. The molecule has 28 heavy (non-hydrogen) atoms. The van der Waals surface area contributed by atoms with Gasteiger partial charge >= 0.3 is 0 Å². The monoisotopic (exact) mass is 408 g/mol. The first kappa shape index (κ1) is 35.9. The van der Waals surface area contributed by atoms with Crippen LogP contribution in [0.3, 0.4) is 0 Å². The highest BCUT2D eigenvalue weighted by Crippen LogP contribution is 2.15. The Kier molecular flexibility index (Phi) is 19.1. The molecule has 18 N–H and O–H groups in total. The fraction of sp³-hybridized carbons (Fsp3) is 0.133. The highest BCUT2D eigenvalue weighted by Gasteiger charge is 2.10. The Hall–Kier alpha value is -3.17. The molecule has 0 aliphatic heterocycles. The number of carbonyl (C=O) groups excluding carboxylic acids is 1. The molecule has 0 unspecified atom stereocenters. The van der Waals surface area contributed by atoms with E-state index in [2.05, 4.69) is 15.0 Å². The van der Waals surface area contributed by atoms with E-state index in [1.165, 1.54) is 0 Å². The molecule has 0 saturated heterocycles. The number of nitrogens with one attached hydrogen (secondary N) is 2. The van der Waals surface area contributed by atoms with Crippen LogP contribution in [0.25, 0.3) is 11.0 Å². The first-order valence-electron chi connectivity index (χ1n) is 6.57. The van der Waals surface area contributed by atoms with Crippen LogP contribution >= 0.6 is 0 Å². The molecule has 0 fully saturated rings. The number of hydrogen-bond donors (Lipinski definition) is 3. The van der Waals surface area contributed by atoms with Gasteiger partial charge in [-0.1, -0.05) is 24.3 Å². The van der Waals surface area contributed by atoms with Crippen LogP contribution in [0.5, 0.6) is 0 Å². The van der Waals surface area contributed by atoms with Crippen molar-refractivity contribution in [2.75, 3.05) is 5.73 Å². The Bertz CT molecular complexity index is 862. The summed E-state index contributed by atoms with van der Waals surface area (Å²) in [5.41, 5.74) is 8.44. The smallest absolute Gasteiger partial charge is 0.262 e. The second-order valence-corrected chi connectivity index (χ2v) is 4.85. The van der Waals surface area contributed by atoms with Crippen molar-refractivity contribution in [1.29, 1.82) is 0 Å². The van der Waals surface area contributed by atoms with Gasteiger partial charge in [-0.15, -0.1) is 0 Å². The molecule has 0 aliphatic carbocycles. The third kappa shape index (κ3) is 7.22. The zero-order valence-corrected chi connectivity index (χ0v) is 14.7. The second-order valence-electron chi connectivity index (χ2n) is 4.85. The lowest BCUT2D eigenvalue weighted by molar-refractivity contribution is 0.112. The van der Waals surface area contributed by atoms with Crippen molar-refractivity contribution in [3.63, 3.8) is 0 Å². The number of fused-ring (bicyclic) bond motifs is 1. The lowest BCUT2D eigenvalue weighted by Crippen LogP contribution is -2.11. The summed E-state index contributed by atoms with van der Waals surface area (Å²) in [5, 5.41) is 0.550.